The first-order valence-corrected chi connectivity index (χ1v) is 5.94. The van der Waals surface area contributed by atoms with Gasteiger partial charge in [0, 0.05) is 12.0 Å². The number of carboxylic acid groups (broad SMARTS) is 1. The minimum absolute atomic E-state index is 0.126. The second-order valence-corrected chi connectivity index (χ2v) is 5.26. The van der Waals surface area contributed by atoms with Crippen LogP contribution in [0, 0.1) is 5.92 Å². The molecule has 0 bridgehead atoms. The quantitative estimate of drug-likeness (QED) is 0.732. The monoisotopic (exact) mass is 244 g/mol. The summed E-state index contributed by atoms with van der Waals surface area (Å²) >= 11 is 0. The molecule has 5 nitrogen and oxygen atoms in total. The van der Waals surface area contributed by atoms with Crippen LogP contribution in [0.15, 0.2) is 0 Å². The van der Waals surface area contributed by atoms with Crippen LogP contribution in [-0.4, -0.2) is 40.5 Å². The van der Waals surface area contributed by atoms with Crippen LogP contribution in [-0.2, 0) is 9.59 Å². The number of hydrogen-bond donors (Lipinski definition) is 2. The summed E-state index contributed by atoms with van der Waals surface area (Å²) in [5, 5.41) is 8.83. The van der Waals surface area contributed by atoms with Gasteiger partial charge in [0.25, 0.3) is 0 Å². The fourth-order valence-corrected chi connectivity index (χ4v) is 1.59. The minimum atomic E-state index is -0.992. The Hall–Kier alpha value is -1.10. The smallest absolute Gasteiger partial charge is 0.323 e. The van der Waals surface area contributed by atoms with Crippen molar-refractivity contribution in [2.45, 2.75) is 46.1 Å². The summed E-state index contributed by atoms with van der Waals surface area (Å²) in [7, 11) is 0. The first kappa shape index (κ1) is 15.9. The third-order valence-corrected chi connectivity index (χ3v) is 2.78. The van der Waals surface area contributed by atoms with Gasteiger partial charge in [0.15, 0.2) is 0 Å². The Labute approximate surface area is 103 Å². The lowest BCUT2D eigenvalue weighted by atomic mass is 9.99. The highest BCUT2D eigenvalue weighted by atomic mass is 16.4. The highest BCUT2D eigenvalue weighted by Gasteiger charge is 2.29. The maximum absolute atomic E-state index is 12.1. The number of aliphatic carboxylic acids is 1. The van der Waals surface area contributed by atoms with E-state index in [0.29, 0.717) is 13.0 Å². The number of carbonyl (C=O) groups excluding carboxylic acids is 1. The molecule has 0 radical (unpaired) electrons. The molecule has 1 unspecified atom stereocenters. The van der Waals surface area contributed by atoms with Crippen LogP contribution in [0.25, 0.3) is 0 Å². The summed E-state index contributed by atoms with van der Waals surface area (Å²) in [6, 6.07) is 0. The zero-order valence-corrected chi connectivity index (χ0v) is 11.2. The van der Waals surface area contributed by atoms with Crippen molar-refractivity contribution >= 4 is 11.9 Å². The van der Waals surface area contributed by atoms with Crippen molar-refractivity contribution in [1.29, 1.82) is 0 Å². The third kappa shape index (κ3) is 5.68. The normalized spacial score (nSPS) is 13.2. The van der Waals surface area contributed by atoms with Crippen molar-refractivity contribution in [1.82, 2.24) is 4.90 Å². The van der Waals surface area contributed by atoms with E-state index in [2.05, 4.69) is 0 Å². The molecule has 0 aromatic rings. The van der Waals surface area contributed by atoms with E-state index in [1.54, 1.807) is 0 Å². The minimum Gasteiger partial charge on any atom is -0.480 e. The van der Waals surface area contributed by atoms with Gasteiger partial charge in [-0.05, 0) is 33.2 Å². The Morgan fingerprint density at radius 3 is 2.18 bits per heavy atom. The van der Waals surface area contributed by atoms with E-state index in [-0.39, 0.29) is 18.4 Å². The molecular formula is C12H24N2O3. The number of nitrogens with zero attached hydrogens (tertiary/aromatic N) is 1. The van der Waals surface area contributed by atoms with Crippen molar-refractivity contribution in [3.8, 4) is 0 Å². The van der Waals surface area contributed by atoms with Crippen molar-refractivity contribution in [2.24, 2.45) is 11.7 Å². The van der Waals surface area contributed by atoms with E-state index in [9.17, 15) is 9.59 Å². The molecule has 0 rings (SSSR count). The van der Waals surface area contributed by atoms with Gasteiger partial charge in [0.1, 0.15) is 6.54 Å². The Morgan fingerprint density at radius 1 is 1.35 bits per heavy atom. The number of carboxylic acids is 1. The molecule has 17 heavy (non-hydrogen) atoms. The molecular weight excluding hydrogens is 220 g/mol. The van der Waals surface area contributed by atoms with Gasteiger partial charge in [0.2, 0.25) is 5.91 Å². The maximum atomic E-state index is 12.1. The van der Waals surface area contributed by atoms with Crippen LogP contribution in [0.2, 0.25) is 0 Å². The molecule has 100 valence electrons. The van der Waals surface area contributed by atoms with Crippen molar-refractivity contribution in [3.63, 3.8) is 0 Å². The molecule has 5 heteroatoms. The second-order valence-electron chi connectivity index (χ2n) is 5.26. The predicted molar refractivity (Wildman–Crippen MR) is 66.6 cm³/mol. The lowest BCUT2D eigenvalue weighted by Crippen LogP contribution is -2.48. The molecule has 0 spiro atoms. The van der Waals surface area contributed by atoms with E-state index in [0.717, 1.165) is 6.42 Å². The number of amides is 1. The summed E-state index contributed by atoms with van der Waals surface area (Å²) in [6.07, 6.45) is 1.14. The van der Waals surface area contributed by atoms with Crippen LogP contribution in [0.4, 0.5) is 0 Å². The van der Waals surface area contributed by atoms with Crippen LogP contribution in [0.3, 0.4) is 0 Å². The number of hydrogen-bond acceptors (Lipinski definition) is 3. The molecule has 0 aliphatic rings. The zero-order valence-electron chi connectivity index (χ0n) is 11.2. The average molecular weight is 244 g/mol. The van der Waals surface area contributed by atoms with Crippen LogP contribution in [0.5, 0.6) is 0 Å². The topological polar surface area (TPSA) is 83.6 Å². The summed E-state index contributed by atoms with van der Waals surface area (Å²) < 4.78 is 0. The van der Waals surface area contributed by atoms with Gasteiger partial charge >= 0.3 is 5.97 Å². The summed E-state index contributed by atoms with van der Waals surface area (Å²) in [5.74, 6) is -1.01. The van der Waals surface area contributed by atoms with Crippen molar-refractivity contribution in [3.05, 3.63) is 0 Å². The van der Waals surface area contributed by atoms with Gasteiger partial charge in [-0.15, -0.1) is 0 Å². The Bertz CT molecular complexity index is 267. The summed E-state index contributed by atoms with van der Waals surface area (Å²) in [4.78, 5) is 24.2. The number of rotatable bonds is 6. The van der Waals surface area contributed by atoms with Crippen molar-refractivity contribution in [2.75, 3.05) is 13.1 Å². The Morgan fingerprint density at radius 2 is 1.88 bits per heavy atom. The fourth-order valence-electron chi connectivity index (χ4n) is 1.59. The van der Waals surface area contributed by atoms with Gasteiger partial charge in [-0.25, -0.2) is 0 Å². The molecule has 0 saturated carbocycles. The van der Waals surface area contributed by atoms with Crippen LogP contribution in [0.1, 0.15) is 40.5 Å². The molecule has 0 aliphatic carbocycles. The molecule has 0 aromatic carbocycles. The van der Waals surface area contributed by atoms with Crippen molar-refractivity contribution < 1.29 is 14.7 Å². The molecule has 1 amide bonds. The van der Waals surface area contributed by atoms with Crippen LogP contribution < -0.4 is 5.73 Å². The standard InChI is InChI=1S/C12H24N2O3/c1-5-9(7-13)6-10(15)14(8-11(16)17)12(2,3)4/h9H,5-8,13H2,1-4H3,(H,16,17). The molecule has 0 aromatic heterocycles. The highest BCUT2D eigenvalue weighted by molar-refractivity contribution is 5.82. The predicted octanol–water partition coefficient (Wildman–Crippen LogP) is 1.07. The first-order valence-electron chi connectivity index (χ1n) is 5.94. The molecule has 3 N–H and O–H groups in total. The lowest BCUT2D eigenvalue weighted by Gasteiger charge is -2.35. The van der Waals surface area contributed by atoms with Gasteiger partial charge in [0.05, 0.1) is 0 Å². The first-order chi connectivity index (χ1) is 7.72. The molecule has 0 heterocycles. The largest absolute Gasteiger partial charge is 0.480 e. The van der Waals surface area contributed by atoms with E-state index in [1.165, 1.54) is 4.90 Å². The second kappa shape index (κ2) is 6.59. The lowest BCUT2D eigenvalue weighted by molar-refractivity contribution is -0.148. The van der Waals surface area contributed by atoms with Crippen LogP contribution >= 0.6 is 0 Å². The molecule has 0 aliphatic heterocycles. The molecule has 0 saturated heterocycles. The van der Waals surface area contributed by atoms with E-state index in [4.69, 9.17) is 10.8 Å². The van der Waals surface area contributed by atoms with Gasteiger partial charge < -0.3 is 15.7 Å². The third-order valence-electron chi connectivity index (χ3n) is 2.78. The number of nitrogens with two attached hydrogens (primary N) is 1. The van der Waals surface area contributed by atoms with E-state index >= 15 is 0 Å². The van der Waals surface area contributed by atoms with Gasteiger partial charge in [-0.2, -0.15) is 0 Å². The van der Waals surface area contributed by atoms with Gasteiger partial charge in [-0.3, -0.25) is 9.59 Å². The van der Waals surface area contributed by atoms with E-state index < -0.39 is 11.5 Å². The summed E-state index contributed by atoms with van der Waals surface area (Å²) in [6.45, 7) is 7.66. The maximum Gasteiger partial charge on any atom is 0.323 e. The van der Waals surface area contributed by atoms with Gasteiger partial charge in [-0.1, -0.05) is 13.3 Å². The Balaban J connectivity index is 4.70. The highest BCUT2D eigenvalue weighted by Crippen LogP contribution is 2.17. The SMILES string of the molecule is CCC(CN)CC(=O)N(CC(=O)O)C(C)(C)C. The molecule has 0 fully saturated rings. The Kier molecular flexibility index (Phi) is 6.16. The summed E-state index contributed by atoms with van der Waals surface area (Å²) in [5.41, 5.74) is 5.07. The number of carbonyl (C=O) groups is 2. The fraction of sp³-hybridized carbons (Fsp3) is 0.833. The molecule has 1 atom stereocenters. The average Bonchev–Trinajstić information content (AvgIpc) is 2.20. The zero-order chi connectivity index (χ0) is 13.6. The van der Waals surface area contributed by atoms with E-state index in [1.807, 2.05) is 27.7 Å².